The van der Waals surface area contributed by atoms with E-state index < -0.39 is 0 Å². The summed E-state index contributed by atoms with van der Waals surface area (Å²) < 4.78 is 0. The normalized spacial score (nSPS) is 13.2. The minimum atomic E-state index is -0.320. The molecule has 0 aliphatic carbocycles. The molecule has 0 aliphatic rings. The maximum absolute atomic E-state index is 10.1. The fraction of sp³-hybridized carbons (Fsp3) is 0.667. The number of carbonyl (C=O) groups is 1. The van der Waals surface area contributed by atoms with Gasteiger partial charge in [-0.05, 0) is 5.92 Å². The van der Waals surface area contributed by atoms with Crippen LogP contribution in [0.2, 0.25) is 0 Å². The summed E-state index contributed by atoms with van der Waals surface area (Å²) in [7, 11) is 0. The third kappa shape index (κ3) is 3.65. The topological polar surface area (TPSA) is 43.1 Å². The molecule has 0 spiro atoms. The van der Waals surface area contributed by atoms with Gasteiger partial charge in [-0.1, -0.05) is 20.3 Å². The molecule has 1 amide bonds. The van der Waals surface area contributed by atoms with Gasteiger partial charge in [0.05, 0.1) is 6.42 Å². The van der Waals surface area contributed by atoms with Gasteiger partial charge < -0.3 is 5.73 Å². The van der Waals surface area contributed by atoms with Gasteiger partial charge in [0.1, 0.15) is 0 Å². The Balaban J connectivity index is 3.24. The molecule has 0 bridgehead atoms. The van der Waals surface area contributed by atoms with E-state index in [9.17, 15) is 4.79 Å². The van der Waals surface area contributed by atoms with Gasteiger partial charge in [-0.3, -0.25) is 4.79 Å². The van der Waals surface area contributed by atoms with E-state index >= 15 is 0 Å². The van der Waals surface area contributed by atoms with Gasteiger partial charge in [0.25, 0.3) is 0 Å². The van der Waals surface area contributed by atoms with Crippen LogP contribution >= 0.6 is 0 Å². The van der Waals surface area contributed by atoms with Crippen LogP contribution in [0, 0.1) is 12.3 Å². The highest BCUT2D eigenvalue weighted by Gasteiger charge is 2.01. The Morgan fingerprint density at radius 3 is 2.50 bits per heavy atom. The largest absolute Gasteiger partial charge is 0.369 e. The number of primary amides is 1. The summed E-state index contributed by atoms with van der Waals surface area (Å²) >= 11 is 0. The van der Waals surface area contributed by atoms with E-state index in [1.54, 1.807) is 0 Å². The molecule has 0 aromatic carbocycles. The van der Waals surface area contributed by atoms with Gasteiger partial charge in [0.15, 0.2) is 0 Å². The summed E-state index contributed by atoms with van der Waals surface area (Å²) in [5, 5.41) is 0. The summed E-state index contributed by atoms with van der Waals surface area (Å²) in [5.74, 6) is 0.00634. The lowest BCUT2D eigenvalue weighted by Gasteiger charge is -2.01. The molecule has 47 valence electrons. The lowest BCUT2D eigenvalue weighted by Crippen LogP contribution is -2.14. The summed E-state index contributed by atoms with van der Waals surface area (Å²) in [4.78, 5) is 10.1. The lowest BCUT2D eigenvalue weighted by molar-refractivity contribution is -0.115. The second-order valence-electron chi connectivity index (χ2n) is 1.95. The summed E-state index contributed by atoms with van der Waals surface area (Å²) in [6.45, 7) is 3.98. The standard InChI is InChI=1S/C6H12NO/c1-3-5(2)4-6(7)8/h4-5H,3H2,1-2H3,(H2,7,8). The first-order valence-electron chi connectivity index (χ1n) is 2.81. The van der Waals surface area contributed by atoms with Gasteiger partial charge in [0, 0.05) is 0 Å². The molecule has 0 heterocycles. The fourth-order valence-corrected chi connectivity index (χ4v) is 0.398. The minimum absolute atomic E-state index is 0.320. The molecule has 0 aliphatic heterocycles. The van der Waals surface area contributed by atoms with Crippen molar-refractivity contribution in [1.82, 2.24) is 0 Å². The molecule has 1 unspecified atom stereocenters. The van der Waals surface area contributed by atoms with Crippen molar-refractivity contribution in [2.75, 3.05) is 0 Å². The third-order valence-electron chi connectivity index (χ3n) is 1.09. The quantitative estimate of drug-likeness (QED) is 0.577. The molecule has 0 fully saturated rings. The SMILES string of the molecule is CCC(C)[CH]C(N)=O. The van der Waals surface area contributed by atoms with Crippen molar-refractivity contribution in [2.24, 2.45) is 11.7 Å². The number of hydrogen-bond donors (Lipinski definition) is 1. The highest BCUT2D eigenvalue weighted by atomic mass is 16.1. The van der Waals surface area contributed by atoms with Gasteiger partial charge in [-0.2, -0.15) is 0 Å². The van der Waals surface area contributed by atoms with Gasteiger partial charge in [-0.15, -0.1) is 0 Å². The Hall–Kier alpha value is -0.530. The van der Waals surface area contributed by atoms with E-state index in [4.69, 9.17) is 5.73 Å². The minimum Gasteiger partial charge on any atom is -0.369 e. The number of rotatable bonds is 3. The Labute approximate surface area is 50.1 Å². The van der Waals surface area contributed by atoms with E-state index in [-0.39, 0.29) is 5.91 Å². The van der Waals surface area contributed by atoms with Gasteiger partial charge in [0.2, 0.25) is 5.91 Å². The van der Waals surface area contributed by atoms with Crippen molar-refractivity contribution in [3.63, 3.8) is 0 Å². The first kappa shape index (κ1) is 7.47. The van der Waals surface area contributed by atoms with E-state index in [1.165, 1.54) is 6.42 Å². The second-order valence-corrected chi connectivity index (χ2v) is 1.95. The van der Waals surface area contributed by atoms with Gasteiger partial charge in [-0.25, -0.2) is 0 Å². The van der Waals surface area contributed by atoms with Crippen molar-refractivity contribution in [1.29, 1.82) is 0 Å². The number of hydrogen-bond acceptors (Lipinski definition) is 1. The maximum atomic E-state index is 10.1. The fourth-order valence-electron chi connectivity index (χ4n) is 0.398. The molecule has 0 saturated carbocycles. The van der Waals surface area contributed by atoms with E-state index in [2.05, 4.69) is 0 Å². The molecule has 2 heteroatoms. The molecule has 0 aromatic rings. The third-order valence-corrected chi connectivity index (χ3v) is 1.09. The lowest BCUT2D eigenvalue weighted by atomic mass is 10.1. The average molecular weight is 114 g/mol. The van der Waals surface area contributed by atoms with Crippen molar-refractivity contribution in [3.05, 3.63) is 6.42 Å². The zero-order valence-electron chi connectivity index (χ0n) is 5.35. The van der Waals surface area contributed by atoms with Crippen molar-refractivity contribution in [3.8, 4) is 0 Å². The van der Waals surface area contributed by atoms with Crippen LogP contribution in [0.5, 0.6) is 0 Å². The van der Waals surface area contributed by atoms with Crippen LogP contribution in [0.4, 0.5) is 0 Å². The molecule has 0 saturated heterocycles. The summed E-state index contributed by atoms with van der Waals surface area (Å²) in [6.07, 6.45) is 2.50. The van der Waals surface area contributed by atoms with Gasteiger partial charge >= 0.3 is 0 Å². The maximum Gasteiger partial charge on any atom is 0.221 e. The zero-order valence-corrected chi connectivity index (χ0v) is 5.35. The van der Waals surface area contributed by atoms with Crippen LogP contribution < -0.4 is 5.73 Å². The molecular formula is C6H12NO. The monoisotopic (exact) mass is 114 g/mol. The molecule has 8 heavy (non-hydrogen) atoms. The smallest absolute Gasteiger partial charge is 0.221 e. The zero-order chi connectivity index (χ0) is 6.57. The number of nitrogens with two attached hydrogens (primary N) is 1. The molecular weight excluding hydrogens is 102 g/mol. The predicted molar refractivity (Wildman–Crippen MR) is 32.9 cm³/mol. The first-order valence-corrected chi connectivity index (χ1v) is 2.81. The molecule has 1 atom stereocenters. The van der Waals surface area contributed by atoms with Crippen LogP contribution in [-0.4, -0.2) is 5.91 Å². The molecule has 2 nitrogen and oxygen atoms in total. The van der Waals surface area contributed by atoms with Crippen LogP contribution in [0.15, 0.2) is 0 Å². The van der Waals surface area contributed by atoms with E-state index in [0.717, 1.165) is 6.42 Å². The predicted octanol–water partition coefficient (Wildman–Crippen LogP) is 0.722. The highest BCUT2D eigenvalue weighted by Crippen LogP contribution is 2.02. The molecule has 1 radical (unpaired) electrons. The van der Waals surface area contributed by atoms with Crippen LogP contribution in [0.1, 0.15) is 20.3 Å². The Bertz CT molecular complexity index is 80.6. The average Bonchev–Trinajstić information content (AvgIpc) is 1.65. The molecule has 0 rings (SSSR count). The molecule has 2 N–H and O–H groups in total. The first-order chi connectivity index (χ1) is 3.66. The highest BCUT2D eigenvalue weighted by molar-refractivity contribution is 5.83. The Morgan fingerprint density at radius 2 is 2.38 bits per heavy atom. The Kier molecular flexibility index (Phi) is 3.24. The van der Waals surface area contributed by atoms with E-state index in [0.29, 0.717) is 5.92 Å². The Morgan fingerprint density at radius 1 is 1.88 bits per heavy atom. The van der Waals surface area contributed by atoms with E-state index in [1.807, 2.05) is 13.8 Å². The van der Waals surface area contributed by atoms with Crippen LogP contribution in [0.3, 0.4) is 0 Å². The van der Waals surface area contributed by atoms with Crippen LogP contribution in [-0.2, 0) is 4.79 Å². The summed E-state index contributed by atoms with van der Waals surface area (Å²) in [5.41, 5.74) is 4.87. The van der Waals surface area contributed by atoms with Crippen molar-refractivity contribution < 1.29 is 4.79 Å². The summed E-state index contributed by atoms with van der Waals surface area (Å²) in [6, 6.07) is 0. The van der Waals surface area contributed by atoms with Crippen molar-refractivity contribution in [2.45, 2.75) is 20.3 Å². The second kappa shape index (κ2) is 3.47. The van der Waals surface area contributed by atoms with Crippen molar-refractivity contribution >= 4 is 5.91 Å². The van der Waals surface area contributed by atoms with Crippen LogP contribution in [0.25, 0.3) is 0 Å². The number of amides is 1. The molecule has 0 aromatic heterocycles. The number of carbonyl (C=O) groups excluding carboxylic acids is 1.